The van der Waals surface area contributed by atoms with Gasteiger partial charge in [0.25, 0.3) is 0 Å². The molecular weight excluding hydrogens is 382 g/mol. The molecule has 1 aliphatic heterocycles. The average Bonchev–Trinajstić information content (AvgIpc) is 2.63. The van der Waals surface area contributed by atoms with Crippen LogP contribution < -0.4 is 5.43 Å². The second kappa shape index (κ2) is 7.83. The summed E-state index contributed by atoms with van der Waals surface area (Å²) in [5.74, 6) is -0.552. The zero-order valence-electron chi connectivity index (χ0n) is 15.3. The number of aromatic hydroxyl groups is 2. The van der Waals surface area contributed by atoms with E-state index in [1.54, 1.807) is 0 Å². The van der Waals surface area contributed by atoms with Crippen molar-refractivity contribution in [2.45, 2.75) is 18.4 Å². The summed E-state index contributed by atoms with van der Waals surface area (Å²) in [5.41, 5.74) is 0.830. The normalized spacial score (nSPS) is 20.1. The van der Waals surface area contributed by atoms with Crippen molar-refractivity contribution in [1.82, 2.24) is 4.90 Å². The molecule has 0 aliphatic carbocycles. The molecular formula is C21H22ClNO5. The molecule has 28 heavy (non-hydrogen) atoms. The number of fused-ring (bicyclic) bond motifs is 1. The molecule has 4 rings (SSSR count). The lowest BCUT2D eigenvalue weighted by atomic mass is 9.85. The van der Waals surface area contributed by atoms with Crippen LogP contribution in [0.25, 0.3) is 22.3 Å². The van der Waals surface area contributed by atoms with Gasteiger partial charge in [-0.15, -0.1) is 12.4 Å². The van der Waals surface area contributed by atoms with Crippen molar-refractivity contribution in [3.05, 3.63) is 58.3 Å². The second-order valence-electron chi connectivity index (χ2n) is 7.10. The van der Waals surface area contributed by atoms with Crippen LogP contribution >= 0.6 is 12.4 Å². The van der Waals surface area contributed by atoms with Crippen molar-refractivity contribution < 1.29 is 19.7 Å². The third-order valence-corrected chi connectivity index (χ3v) is 5.21. The molecule has 1 aromatic heterocycles. The van der Waals surface area contributed by atoms with Gasteiger partial charge >= 0.3 is 0 Å². The highest BCUT2D eigenvalue weighted by molar-refractivity contribution is 5.89. The number of likely N-dealkylation sites (tertiary alicyclic amines) is 1. The summed E-state index contributed by atoms with van der Waals surface area (Å²) in [6, 6.07) is 11.7. The maximum atomic E-state index is 12.7. The van der Waals surface area contributed by atoms with E-state index in [0.717, 1.165) is 12.6 Å². The number of nitrogens with zero attached hydrogens (tertiary/aromatic N) is 1. The molecule has 0 bridgehead atoms. The van der Waals surface area contributed by atoms with Gasteiger partial charge in [0.2, 0.25) is 0 Å². The van der Waals surface area contributed by atoms with Crippen LogP contribution in [0.1, 0.15) is 17.9 Å². The minimum atomic E-state index is -0.715. The Kier molecular flexibility index (Phi) is 5.65. The number of aliphatic hydroxyl groups excluding tert-OH is 1. The third kappa shape index (κ3) is 3.46. The number of phenolic OH excluding ortho intramolecular Hbond substituents is 2. The molecule has 1 aliphatic rings. The first-order valence-corrected chi connectivity index (χ1v) is 8.90. The van der Waals surface area contributed by atoms with Crippen molar-refractivity contribution in [2.75, 3.05) is 20.1 Å². The number of phenols is 2. The first-order chi connectivity index (χ1) is 13.0. The zero-order valence-corrected chi connectivity index (χ0v) is 16.1. The minimum absolute atomic E-state index is 0. The highest BCUT2D eigenvalue weighted by Gasteiger charge is 2.32. The summed E-state index contributed by atoms with van der Waals surface area (Å²) in [4.78, 5) is 14.7. The quantitative estimate of drug-likeness (QED) is 0.608. The van der Waals surface area contributed by atoms with E-state index in [9.17, 15) is 20.1 Å². The molecule has 2 heterocycles. The number of likely N-dealkylation sites (N-methyl/N-ethyl adjacent to an activating group) is 1. The zero-order chi connectivity index (χ0) is 19.1. The van der Waals surface area contributed by atoms with E-state index in [2.05, 4.69) is 0 Å². The molecule has 148 valence electrons. The predicted molar refractivity (Wildman–Crippen MR) is 109 cm³/mol. The number of rotatable bonds is 2. The Hall–Kier alpha value is -2.54. The molecule has 0 saturated carbocycles. The van der Waals surface area contributed by atoms with Gasteiger partial charge in [0.05, 0.1) is 6.10 Å². The maximum Gasteiger partial charge on any atom is 0.197 e. The van der Waals surface area contributed by atoms with Crippen LogP contribution in [-0.2, 0) is 0 Å². The van der Waals surface area contributed by atoms with Gasteiger partial charge in [-0.05, 0) is 20.0 Å². The molecule has 3 N–H and O–H groups in total. The van der Waals surface area contributed by atoms with Crippen molar-refractivity contribution in [3.63, 3.8) is 0 Å². The number of halogens is 1. The van der Waals surface area contributed by atoms with E-state index < -0.39 is 17.5 Å². The lowest BCUT2D eigenvalue weighted by Gasteiger charge is -2.34. The predicted octanol–water partition coefficient (Wildman–Crippen LogP) is 3.07. The first kappa shape index (κ1) is 20.2. The topological polar surface area (TPSA) is 94.1 Å². The second-order valence-corrected chi connectivity index (χ2v) is 7.10. The van der Waals surface area contributed by atoms with Crippen LogP contribution in [-0.4, -0.2) is 46.5 Å². The molecule has 7 heteroatoms. The van der Waals surface area contributed by atoms with Crippen LogP contribution in [0, 0.1) is 0 Å². The fourth-order valence-electron chi connectivity index (χ4n) is 3.85. The van der Waals surface area contributed by atoms with Crippen LogP contribution in [0.2, 0.25) is 0 Å². The largest absolute Gasteiger partial charge is 0.507 e. The molecule has 0 radical (unpaired) electrons. The summed E-state index contributed by atoms with van der Waals surface area (Å²) in [7, 11) is 1.92. The first-order valence-electron chi connectivity index (χ1n) is 8.90. The van der Waals surface area contributed by atoms with Gasteiger partial charge < -0.3 is 24.6 Å². The molecule has 2 unspecified atom stereocenters. The highest BCUT2D eigenvalue weighted by Crippen LogP contribution is 2.42. The lowest BCUT2D eigenvalue weighted by molar-refractivity contribution is 0.0631. The number of piperidine rings is 1. The Balaban J connectivity index is 0.00000225. The van der Waals surface area contributed by atoms with Crippen molar-refractivity contribution in [3.8, 4) is 22.8 Å². The third-order valence-electron chi connectivity index (χ3n) is 5.21. The number of benzene rings is 2. The van der Waals surface area contributed by atoms with Crippen molar-refractivity contribution in [1.29, 1.82) is 0 Å². The number of hydrogen-bond donors (Lipinski definition) is 3. The Bertz CT molecular complexity index is 1050. The Morgan fingerprint density at radius 1 is 1.11 bits per heavy atom. The van der Waals surface area contributed by atoms with E-state index in [-0.39, 0.29) is 34.9 Å². The molecule has 3 aromatic rings. The fraction of sp³-hybridized carbons (Fsp3) is 0.286. The summed E-state index contributed by atoms with van der Waals surface area (Å²) < 4.78 is 6.01. The smallest absolute Gasteiger partial charge is 0.197 e. The van der Waals surface area contributed by atoms with E-state index in [0.29, 0.717) is 29.9 Å². The van der Waals surface area contributed by atoms with Gasteiger partial charge in [0.15, 0.2) is 5.43 Å². The van der Waals surface area contributed by atoms with Gasteiger partial charge in [0, 0.05) is 35.7 Å². The maximum absolute atomic E-state index is 12.7. The van der Waals surface area contributed by atoms with E-state index in [1.165, 1.54) is 6.07 Å². The van der Waals surface area contributed by atoms with Crippen LogP contribution in [0.4, 0.5) is 0 Å². The molecule has 0 amide bonds. The molecule has 2 atom stereocenters. The van der Waals surface area contributed by atoms with Crippen LogP contribution in [0.15, 0.2) is 51.7 Å². The summed E-state index contributed by atoms with van der Waals surface area (Å²) >= 11 is 0. The number of hydrogen-bond acceptors (Lipinski definition) is 6. The fourth-order valence-corrected chi connectivity index (χ4v) is 3.85. The van der Waals surface area contributed by atoms with Gasteiger partial charge in [0.1, 0.15) is 28.2 Å². The minimum Gasteiger partial charge on any atom is -0.507 e. The van der Waals surface area contributed by atoms with Gasteiger partial charge in [-0.2, -0.15) is 0 Å². The Morgan fingerprint density at radius 2 is 1.82 bits per heavy atom. The Labute approximate surface area is 168 Å². The van der Waals surface area contributed by atoms with E-state index in [4.69, 9.17) is 4.42 Å². The van der Waals surface area contributed by atoms with Crippen LogP contribution in [0.3, 0.4) is 0 Å². The Morgan fingerprint density at radius 3 is 2.50 bits per heavy atom. The van der Waals surface area contributed by atoms with E-state index in [1.807, 2.05) is 42.3 Å². The van der Waals surface area contributed by atoms with Crippen molar-refractivity contribution >= 4 is 23.4 Å². The summed E-state index contributed by atoms with van der Waals surface area (Å²) in [6.45, 7) is 1.20. The summed E-state index contributed by atoms with van der Waals surface area (Å²) in [5, 5.41) is 31.4. The van der Waals surface area contributed by atoms with Gasteiger partial charge in [-0.25, -0.2) is 0 Å². The van der Waals surface area contributed by atoms with Gasteiger partial charge in [-0.3, -0.25) is 4.79 Å². The van der Waals surface area contributed by atoms with Crippen molar-refractivity contribution in [2.24, 2.45) is 0 Å². The number of β-amino-alcohol motifs (C(OH)–C–C–N with tert-alkyl or cyclic N) is 1. The highest BCUT2D eigenvalue weighted by atomic mass is 35.5. The standard InChI is InChI=1S/C21H21NO5.ClH/c1-22-8-7-13(17(26)11-22)19-14(23)9-15(24)20-16(25)10-18(27-21(19)20)12-5-3-2-4-6-12;/h2-6,9-10,13,17,23-24,26H,7-8,11H2,1H3;1H. The molecule has 2 aromatic carbocycles. The lowest BCUT2D eigenvalue weighted by Crippen LogP contribution is -2.40. The van der Waals surface area contributed by atoms with Crippen LogP contribution in [0.5, 0.6) is 11.5 Å². The summed E-state index contributed by atoms with van der Waals surface area (Å²) in [6.07, 6.45) is -0.113. The average molecular weight is 404 g/mol. The molecule has 1 saturated heterocycles. The number of aliphatic hydroxyl groups is 1. The molecule has 6 nitrogen and oxygen atoms in total. The SMILES string of the molecule is CN1CCC(c2c(O)cc(O)c3c(=O)cc(-c4ccccc4)oc23)C(O)C1.Cl. The van der Waals surface area contributed by atoms with E-state index >= 15 is 0 Å². The molecule has 1 fully saturated rings. The monoisotopic (exact) mass is 403 g/mol. The molecule has 0 spiro atoms. The van der Waals surface area contributed by atoms with Gasteiger partial charge in [-0.1, -0.05) is 30.3 Å².